The number of allylic oxidation sites excluding steroid dienone is 2. The predicted octanol–water partition coefficient (Wildman–Crippen LogP) is 3.22. The lowest BCUT2D eigenvalue weighted by atomic mass is 9.92. The van der Waals surface area contributed by atoms with Crippen molar-refractivity contribution in [1.29, 1.82) is 0 Å². The summed E-state index contributed by atoms with van der Waals surface area (Å²) >= 11 is 5.44. The predicted molar refractivity (Wildman–Crippen MR) is 43.9 cm³/mol. The molecule has 0 bridgehead atoms. The first-order valence-corrected chi connectivity index (χ1v) is 3.81. The van der Waals surface area contributed by atoms with Gasteiger partial charge in [0, 0.05) is 5.88 Å². The minimum atomic E-state index is 0.405. The monoisotopic (exact) mass is 146 g/mol. The van der Waals surface area contributed by atoms with Crippen molar-refractivity contribution in [2.75, 3.05) is 5.88 Å². The van der Waals surface area contributed by atoms with Crippen LogP contribution in [0.1, 0.15) is 27.2 Å². The molecule has 0 aliphatic rings. The topological polar surface area (TPSA) is 0 Å². The second kappa shape index (κ2) is 3.94. The molecule has 1 heteroatoms. The van der Waals surface area contributed by atoms with Crippen LogP contribution in [0.15, 0.2) is 12.2 Å². The third-order valence-corrected chi connectivity index (χ3v) is 1.16. The fourth-order valence-electron chi connectivity index (χ4n) is 0.500. The SMILES string of the molecule is CC(C)(C)CC=CCCl. The zero-order valence-corrected chi connectivity index (χ0v) is 7.20. The van der Waals surface area contributed by atoms with E-state index in [1.54, 1.807) is 0 Å². The molecule has 0 aromatic rings. The Bertz CT molecular complexity index is 87.2. The lowest BCUT2D eigenvalue weighted by Crippen LogP contribution is -2.01. The number of alkyl halides is 1. The summed E-state index contributed by atoms with van der Waals surface area (Å²) in [5.41, 5.74) is 0.405. The molecule has 0 amide bonds. The average molecular weight is 147 g/mol. The number of hydrogen-bond acceptors (Lipinski definition) is 0. The fraction of sp³-hybridized carbons (Fsp3) is 0.750. The van der Waals surface area contributed by atoms with Gasteiger partial charge in [0.15, 0.2) is 0 Å². The Morgan fingerprint density at radius 1 is 1.22 bits per heavy atom. The Balaban J connectivity index is 3.38. The van der Waals surface area contributed by atoms with Crippen molar-refractivity contribution in [1.82, 2.24) is 0 Å². The first kappa shape index (κ1) is 9.03. The summed E-state index contributed by atoms with van der Waals surface area (Å²) in [5, 5.41) is 0. The molecule has 0 aromatic carbocycles. The van der Waals surface area contributed by atoms with E-state index in [9.17, 15) is 0 Å². The number of rotatable bonds is 2. The highest BCUT2D eigenvalue weighted by atomic mass is 35.5. The number of hydrogen-bond donors (Lipinski definition) is 0. The van der Waals surface area contributed by atoms with Crippen LogP contribution >= 0.6 is 11.6 Å². The van der Waals surface area contributed by atoms with Crippen molar-refractivity contribution in [3.63, 3.8) is 0 Å². The van der Waals surface area contributed by atoms with Crippen LogP contribution in [0.2, 0.25) is 0 Å². The minimum Gasteiger partial charge on any atom is -0.122 e. The molecule has 0 saturated heterocycles. The van der Waals surface area contributed by atoms with E-state index >= 15 is 0 Å². The van der Waals surface area contributed by atoms with Crippen LogP contribution in [0, 0.1) is 5.41 Å². The van der Waals surface area contributed by atoms with E-state index in [0.717, 1.165) is 6.42 Å². The van der Waals surface area contributed by atoms with Crippen molar-refractivity contribution in [3.05, 3.63) is 12.2 Å². The Morgan fingerprint density at radius 2 is 1.78 bits per heavy atom. The summed E-state index contributed by atoms with van der Waals surface area (Å²) in [6.45, 7) is 6.64. The first-order valence-electron chi connectivity index (χ1n) is 3.27. The van der Waals surface area contributed by atoms with Crippen molar-refractivity contribution < 1.29 is 0 Å². The van der Waals surface area contributed by atoms with Crippen LogP contribution in [0.25, 0.3) is 0 Å². The van der Waals surface area contributed by atoms with Crippen molar-refractivity contribution in [2.45, 2.75) is 27.2 Å². The van der Waals surface area contributed by atoms with Crippen molar-refractivity contribution in [2.24, 2.45) is 5.41 Å². The second-order valence-corrected chi connectivity index (χ2v) is 3.70. The zero-order valence-electron chi connectivity index (χ0n) is 6.45. The molecule has 0 heterocycles. The Hall–Kier alpha value is 0.0300. The van der Waals surface area contributed by atoms with Gasteiger partial charge in [-0.2, -0.15) is 0 Å². The van der Waals surface area contributed by atoms with E-state index in [2.05, 4.69) is 26.8 Å². The molecule has 0 aliphatic carbocycles. The Labute approximate surface area is 62.9 Å². The van der Waals surface area contributed by atoms with E-state index in [-0.39, 0.29) is 0 Å². The van der Waals surface area contributed by atoms with Gasteiger partial charge in [-0.1, -0.05) is 32.9 Å². The van der Waals surface area contributed by atoms with Crippen LogP contribution in [0.4, 0.5) is 0 Å². The van der Waals surface area contributed by atoms with E-state index in [1.165, 1.54) is 0 Å². The van der Waals surface area contributed by atoms with Crippen LogP contribution in [0.5, 0.6) is 0 Å². The molecule has 0 spiro atoms. The molecule has 0 aromatic heterocycles. The van der Waals surface area contributed by atoms with Gasteiger partial charge in [0.25, 0.3) is 0 Å². The molecule has 0 atom stereocenters. The average Bonchev–Trinajstić information content (AvgIpc) is 1.63. The van der Waals surface area contributed by atoms with Gasteiger partial charge in [0.1, 0.15) is 0 Å². The molecule has 0 N–H and O–H groups in total. The van der Waals surface area contributed by atoms with E-state index in [0.29, 0.717) is 11.3 Å². The Morgan fingerprint density at radius 3 is 2.11 bits per heavy atom. The highest BCUT2D eigenvalue weighted by Crippen LogP contribution is 2.18. The molecule has 54 valence electrons. The van der Waals surface area contributed by atoms with Gasteiger partial charge in [-0.15, -0.1) is 11.6 Å². The van der Waals surface area contributed by atoms with Gasteiger partial charge in [-0.3, -0.25) is 0 Å². The highest BCUT2D eigenvalue weighted by molar-refractivity contribution is 6.18. The van der Waals surface area contributed by atoms with Crippen molar-refractivity contribution >= 4 is 11.6 Å². The molecule has 0 radical (unpaired) electrons. The summed E-state index contributed by atoms with van der Waals surface area (Å²) in [4.78, 5) is 0. The van der Waals surface area contributed by atoms with Gasteiger partial charge >= 0.3 is 0 Å². The molecule has 0 nitrogen and oxygen atoms in total. The lowest BCUT2D eigenvalue weighted by Gasteiger charge is -2.14. The van der Waals surface area contributed by atoms with Crippen LogP contribution in [-0.4, -0.2) is 5.88 Å². The molecule has 0 unspecified atom stereocenters. The van der Waals surface area contributed by atoms with Crippen LogP contribution < -0.4 is 0 Å². The largest absolute Gasteiger partial charge is 0.122 e. The third kappa shape index (κ3) is 8.03. The maximum absolute atomic E-state index is 5.44. The summed E-state index contributed by atoms with van der Waals surface area (Å²) < 4.78 is 0. The Kier molecular flexibility index (Phi) is 3.96. The van der Waals surface area contributed by atoms with E-state index in [1.807, 2.05) is 6.08 Å². The first-order chi connectivity index (χ1) is 4.06. The minimum absolute atomic E-state index is 0.405. The van der Waals surface area contributed by atoms with Gasteiger partial charge in [0.2, 0.25) is 0 Å². The zero-order chi connectivity index (χ0) is 7.33. The van der Waals surface area contributed by atoms with Crippen LogP contribution in [-0.2, 0) is 0 Å². The second-order valence-electron chi connectivity index (χ2n) is 3.39. The highest BCUT2D eigenvalue weighted by Gasteiger charge is 2.05. The maximum Gasteiger partial charge on any atom is 0.0404 e. The molecular weight excluding hydrogens is 132 g/mol. The van der Waals surface area contributed by atoms with Gasteiger partial charge in [-0.25, -0.2) is 0 Å². The third-order valence-electron chi connectivity index (χ3n) is 0.986. The normalized spacial score (nSPS) is 12.9. The van der Waals surface area contributed by atoms with E-state index < -0.39 is 0 Å². The number of halogens is 1. The van der Waals surface area contributed by atoms with Gasteiger partial charge in [0.05, 0.1) is 0 Å². The molecule has 9 heavy (non-hydrogen) atoms. The summed E-state index contributed by atoms with van der Waals surface area (Å²) in [6.07, 6.45) is 5.24. The van der Waals surface area contributed by atoms with Crippen LogP contribution in [0.3, 0.4) is 0 Å². The molecule has 0 saturated carbocycles. The molecular formula is C8H15Cl. The summed E-state index contributed by atoms with van der Waals surface area (Å²) in [6, 6.07) is 0. The fourth-order valence-corrected chi connectivity index (χ4v) is 0.626. The summed E-state index contributed by atoms with van der Waals surface area (Å²) in [5.74, 6) is 0.635. The van der Waals surface area contributed by atoms with Gasteiger partial charge in [-0.05, 0) is 11.8 Å². The van der Waals surface area contributed by atoms with Crippen molar-refractivity contribution in [3.8, 4) is 0 Å². The maximum atomic E-state index is 5.44. The smallest absolute Gasteiger partial charge is 0.0404 e. The molecule has 0 fully saturated rings. The van der Waals surface area contributed by atoms with E-state index in [4.69, 9.17) is 11.6 Å². The lowest BCUT2D eigenvalue weighted by molar-refractivity contribution is 0.420. The molecule has 0 rings (SSSR count). The standard InChI is InChI=1S/C8H15Cl/c1-8(2,3)6-4-5-7-9/h4-5H,6-7H2,1-3H3. The van der Waals surface area contributed by atoms with Gasteiger partial charge < -0.3 is 0 Å². The quantitative estimate of drug-likeness (QED) is 0.415. The summed E-state index contributed by atoms with van der Waals surface area (Å²) in [7, 11) is 0. The molecule has 0 aliphatic heterocycles.